The summed E-state index contributed by atoms with van der Waals surface area (Å²) >= 11 is 0. The van der Waals surface area contributed by atoms with E-state index >= 15 is 0 Å². The van der Waals surface area contributed by atoms with Crippen LogP contribution in [-0.2, 0) is 10.0 Å². The van der Waals surface area contributed by atoms with Gasteiger partial charge in [0.15, 0.2) is 8.32 Å². The average molecular weight is 264 g/mol. The Kier molecular flexibility index (Phi) is 3.20. The number of rotatable bonds is 4. The van der Waals surface area contributed by atoms with Gasteiger partial charge in [-0.1, -0.05) is 44.2 Å². The Hall–Kier alpha value is -0.643. The van der Waals surface area contributed by atoms with Crippen molar-refractivity contribution in [3.63, 3.8) is 0 Å². The molecule has 2 nitrogen and oxygen atoms in total. The molecule has 0 saturated heterocycles. The van der Waals surface area contributed by atoms with Gasteiger partial charge in [-0.05, 0) is 31.1 Å². The van der Waals surface area contributed by atoms with Crippen molar-refractivity contribution in [2.45, 2.75) is 51.1 Å². The molecule has 2 atom stereocenters. The monoisotopic (exact) mass is 264 g/mol. The third-order valence-electron chi connectivity index (χ3n) is 3.77. The zero-order valence-electron chi connectivity index (χ0n) is 12.0. The van der Waals surface area contributed by atoms with E-state index in [9.17, 15) is 5.11 Å². The van der Waals surface area contributed by atoms with Crippen molar-refractivity contribution < 1.29 is 9.53 Å². The van der Waals surface area contributed by atoms with E-state index in [-0.39, 0.29) is 5.92 Å². The maximum atomic E-state index is 10.8. The Morgan fingerprint density at radius 2 is 1.72 bits per heavy atom. The molecule has 1 aliphatic carbocycles. The fraction of sp³-hybridized carbons (Fsp3) is 0.600. The van der Waals surface area contributed by atoms with Gasteiger partial charge in [-0.2, -0.15) is 0 Å². The lowest BCUT2D eigenvalue weighted by Gasteiger charge is -2.31. The molecule has 3 heteroatoms. The number of aliphatic hydroxyl groups is 1. The van der Waals surface area contributed by atoms with E-state index in [4.69, 9.17) is 4.43 Å². The second kappa shape index (κ2) is 4.19. The Morgan fingerprint density at radius 3 is 2.11 bits per heavy atom. The van der Waals surface area contributed by atoms with Crippen molar-refractivity contribution in [2.75, 3.05) is 0 Å². The van der Waals surface area contributed by atoms with Gasteiger partial charge in [0, 0.05) is 6.42 Å². The Labute approximate surface area is 111 Å². The van der Waals surface area contributed by atoms with E-state index < -0.39 is 19.5 Å². The summed E-state index contributed by atoms with van der Waals surface area (Å²) in [5.74, 6) is 0.203. The standard InChI is InChI=1S/C15H24O2Si/c1-12(2)14(16)11-15(14,17-18(3,4)5)13-9-7-6-8-10-13/h6-10,12,16H,11H2,1-5H3/t14-,15-/m1/s1. The molecular weight excluding hydrogens is 240 g/mol. The first kappa shape index (κ1) is 13.8. The summed E-state index contributed by atoms with van der Waals surface area (Å²) in [5.41, 5.74) is -0.0785. The van der Waals surface area contributed by atoms with Gasteiger partial charge in [-0.25, -0.2) is 0 Å². The van der Waals surface area contributed by atoms with E-state index in [1.807, 2.05) is 18.2 Å². The van der Waals surface area contributed by atoms with Crippen molar-refractivity contribution >= 4 is 8.32 Å². The highest BCUT2D eigenvalue weighted by atomic mass is 28.4. The molecule has 0 amide bonds. The van der Waals surface area contributed by atoms with Crippen molar-refractivity contribution in [1.82, 2.24) is 0 Å². The molecule has 100 valence electrons. The summed E-state index contributed by atoms with van der Waals surface area (Å²) in [6.07, 6.45) is 0.714. The maximum Gasteiger partial charge on any atom is 0.185 e. The number of benzene rings is 1. The molecule has 0 spiro atoms. The number of hydrogen-bond acceptors (Lipinski definition) is 2. The van der Waals surface area contributed by atoms with E-state index in [1.54, 1.807) is 0 Å². The third-order valence-corrected chi connectivity index (χ3v) is 4.73. The van der Waals surface area contributed by atoms with Crippen LogP contribution in [0.2, 0.25) is 19.6 Å². The van der Waals surface area contributed by atoms with Gasteiger partial charge in [0.2, 0.25) is 0 Å². The molecule has 0 radical (unpaired) electrons. The molecule has 0 aromatic heterocycles. The Morgan fingerprint density at radius 1 is 1.17 bits per heavy atom. The van der Waals surface area contributed by atoms with Crippen LogP contribution in [0.5, 0.6) is 0 Å². The highest BCUT2D eigenvalue weighted by molar-refractivity contribution is 6.69. The lowest BCUT2D eigenvalue weighted by atomic mass is 9.96. The smallest absolute Gasteiger partial charge is 0.185 e. The van der Waals surface area contributed by atoms with Gasteiger partial charge in [-0.3, -0.25) is 0 Å². The topological polar surface area (TPSA) is 29.5 Å². The van der Waals surface area contributed by atoms with E-state index in [0.29, 0.717) is 6.42 Å². The first-order chi connectivity index (χ1) is 8.21. The largest absolute Gasteiger partial charge is 0.405 e. The minimum atomic E-state index is -1.71. The molecule has 0 unspecified atom stereocenters. The highest BCUT2D eigenvalue weighted by Gasteiger charge is 2.71. The Bertz CT molecular complexity index is 424. The van der Waals surface area contributed by atoms with Crippen LogP contribution in [0.4, 0.5) is 0 Å². The van der Waals surface area contributed by atoms with Gasteiger partial charge in [-0.15, -0.1) is 0 Å². The summed E-state index contributed by atoms with van der Waals surface area (Å²) in [6.45, 7) is 10.7. The lowest BCUT2D eigenvalue weighted by Crippen LogP contribution is -2.39. The molecule has 1 saturated carbocycles. The fourth-order valence-corrected chi connectivity index (χ4v) is 4.18. The van der Waals surface area contributed by atoms with Crippen molar-refractivity contribution in [1.29, 1.82) is 0 Å². The first-order valence-electron chi connectivity index (χ1n) is 6.69. The predicted octanol–water partition coefficient (Wildman–Crippen LogP) is 3.52. The van der Waals surface area contributed by atoms with Crippen LogP contribution in [0.1, 0.15) is 25.8 Å². The van der Waals surface area contributed by atoms with Crippen LogP contribution >= 0.6 is 0 Å². The van der Waals surface area contributed by atoms with Crippen LogP contribution in [0.25, 0.3) is 0 Å². The average Bonchev–Trinajstić information content (AvgIpc) is 2.85. The molecule has 1 fully saturated rings. The van der Waals surface area contributed by atoms with Crippen molar-refractivity contribution in [3.05, 3.63) is 35.9 Å². The second-order valence-corrected chi connectivity index (χ2v) is 11.1. The predicted molar refractivity (Wildman–Crippen MR) is 77.0 cm³/mol. The van der Waals surface area contributed by atoms with Crippen molar-refractivity contribution in [3.8, 4) is 0 Å². The molecule has 1 aromatic carbocycles. The summed E-state index contributed by atoms with van der Waals surface area (Å²) in [7, 11) is -1.71. The molecule has 18 heavy (non-hydrogen) atoms. The molecular formula is C15H24O2Si. The molecule has 1 N–H and O–H groups in total. The van der Waals surface area contributed by atoms with Gasteiger partial charge < -0.3 is 9.53 Å². The fourth-order valence-electron chi connectivity index (χ4n) is 2.77. The summed E-state index contributed by atoms with van der Waals surface area (Å²) in [5, 5.41) is 10.8. The SMILES string of the molecule is CC(C)[C@]1(O)C[C@@]1(O[Si](C)(C)C)c1ccccc1. The molecule has 1 aromatic rings. The van der Waals surface area contributed by atoms with Crippen molar-refractivity contribution in [2.24, 2.45) is 5.92 Å². The van der Waals surface area contributed by atoms with Crippen LogP contribution in [0.15, 0.2) is 30.3 Å². The van der Waals surface area contributed by atoms with E-state index in [0.717, 1.165) is 5.56 Å². The second-order valence-electron chi connectivity index (χ2n) is 6.66. The Balaban J connectivity index is 2.39. The van der Waals surface area contributed by atoms with Gasteiger partial charge in [0.25, 0.3) is 0 Å². The minimum absolute atomic E-state index is 0.203. The first-order valence-corrected chi connectivity index (χ1v) is 10.1. The van der Waals surface area contributed by atoms with Gasteiger partial charge >= 0.3 is 0 Å². The van der Waals surface area contributed by atoms with E-state index in [2.05, 4.69) is 45.6 Å². The minimum Gasteiger partial charge on any atom is -0.405 e. The normalized spacial score (nSPS) is 31.7. The van der Waals surface area contributed by atoms with E-state index in [1.165, 1.54) is 0 Å². The molecule has 0 heterocycles. The van der Waals surface area contributed by atoms with Gasteiger partial charge in [0.05, 0.1) is 0 Å². The molecule has 2 rings (SSSR count). The third kappa shape index (κ3) is 2.15. The van der Waals surface area contributed by atoms with Crippen LogP contribution < -0.4 is 0 Å². The zero-order chi connectivity index (χ0) is 13.6. The van der Waals surface area contributed by atoms with Crippen LogP contribution in [0.3, 0.4) is 0 Å². The summed E-state index contributed by atoms with van der Waals surface area (Å²) < 4.78 is 6.39. The quantitative estimate of drug-likeness (QED) is 0.843. The van der Waals surface area contributed by atoms with Crippen LogP contribution in [0, 0.1) is 5.92 Å². The maximum absolute atomic E-state index is 10.8. The highest BCUT2D eigenvalue weighted by Crippen LogP contribution is 2.62. The zero-order valence-corrected chi connectivity index (χ0v) is 13.0. The summed E-state index contributed by atoms with van der Waals surface area (Å²) in [6, 6.07) is 10.2. The molecule has 0 bridgehead atoms. The van der Waals surface area contributed by atoms with Crippen LogP contribution in [-0.4, -0.2) is 19.0 Å². The van der Waals surface area contributed by atoms with Gasteiger partial charge in [0.1, 0.15) is 11.2 Å². The summed E-state index contributed by atoms with van der Waals surface area (Å²) in [4.78, 5) is 0. The lowest BCUT2D eigenvalue weighted by molar-refractivity contribution is -0.000873. The molecule has 1 aliphatic rings. The molecule has 0 aliphatic heterocycles. The number of hydrogen-bond donors (Lipinski definition) is 1.